The predicted octanol–water partition coefficient (Wildman–Crippen LogP) is 3.85. The van der Waals surface area contributed by atoms with Gasteiger partial charge in [-0.25, -0.2) is 9.97 Å². The van der Waals surface area contributed by atoms with E-state index in [9.17, 15) is 0 Å². The number of benzene rings is 1. The molecule has 0 spiro atoms. The fourth-order valence-corrected chi connectivity index (χ4v) is 3.21. The van der Waals surface area contributed by atoms with E-state index in [1.54, 1.807) is 11.8 Å². The van der Waals surface area contributed by atoms with E-state index in [2.05, 4.69) is 42.0 Å². The van der Waals surface area contributed by atoms with E-state index in [0.717, 1.165) is 16.6 Å². The van der Waals surface area contributed by atoms with E-state index < -0.39 is 0 Å². The molecule has 0 amide bonds. The predicted molar refractivity (Wildman–Crippen MR) is 83.9 cm³/mol. The largest absolute Gasteiger partial charge is 0.384 e. The van der Waals surface area contributed by atoms with Gasteiger partial charge in [0.1, 0.15) is 16.7 Å². The lowest BCUT2D eigenvalue weighted by atomic mass is 10.1. The fraction of sp³-hybridized carbons (Fsp3) is 0.375. The maximum absolute atomic E-state index is 5.88. The monoisotopic (exact) mass is 285 g/mol. The summed E-state index contributed by atoms with van der Waals surface area (Å²) in [6.07, 6.45) is 2.40. The molecule has 1 fully saturated rings. The molecule has 1 aliphatic rings. The van der Waals surface area contributed by atoms with Gasteiger partial charge >= 0.3 is 0 Å². The van der Waals surface area contributed by atoms with Crippen LogP contribution in [-0.2, 0) is 5.75 Å². The van der Waals surface area contributed by atoms with Gasteiger partial charge in [-0.15, -0.1) is 11.8 Å². The Morgan fingerprint density at radius 1 is 1.10 bits per heavy atom. The number of aromatic nitrogens is 2. The quantitative estimate of drug-likeness (QED) is 0.685. The summed E-state index contributed by atoms with van der Waals surface area (Å²) in [6.45, 7) is 4.27. The number of nitrogen functional groups attached to an aromatic ring is 1. The lowest BCUT2D eigenvalue weighted by Gasteiger charge is -2.07. The minimum Gasteiger partial charge on any atom is -0.384 e. The molecule has 3 nitrogen and oxygen atoms in total. The van der Waals surface area contributed by atoms with Crippen molar-refractivity contribution in [1.82, 2.24) is 9.97 Å². The first-order valence-electron chi connectivity index (χ1n) is 6.94. The Morgan fingerprint density at radius 3 is 2.45 bits per heavy atom. The van der Waals surface area contributed by atoms with Crippen LogP contribution < -0.4 is 5.73 Å². The van der Waals surface area contributed by atoms with Crippen LogP contribution in [0.25, 0.3) is 0 Å². The van der Waals surface area contributed by atoms with E-state index >= 15 is 0 Å². The van der Waals surface area contributed by atoms with Gasteiger partial charge in [-0.3, -0.25) is 0 Å². The van der Waals surface area contributed by atoms with E-state index in [4.69, 9.17) is 5.73 Å². The topological polar surface area (TPSA) is 51.8 Å². The highest BCUT2D eigenvalue weighted by Crippen LogP contribution is 2.39. The number of thioether (sulfide) groups is 1. The summed E-state index contributed by atoms with van der Waals surface area (Å²) in [4.78, 5) is 8.96. The standard InChI is InChI=1S/C16H19N3S/c1-10-5-11(2)7-12(6-10)9-20-15-8-14(17)18-16(19-15)13-3-4-13/h5-8,13H,3-4,9H2,1-2H3,(H2,17,18,19). The van der Waals surface area contributed by atoms with E-state index in [0.29, 0.717) is 11.7 Å². The van der Waals surface area contributed by atoms with Gasteiger partial charge in [0.25, 0.3) is 0 Å². The first kappa shape index (κ1) is 13.4. The Bertz CT molecular complexity index is 615. The van der Waals surface area contributed by atoms with Crippen LogP contribution in [0.1, 0.15) is 41.3 Å². The molecule has 1 saturated carbocycles. The third-order valence-corrected chi connectivity index (χ3v) is 4.33. The Balaban J connectivity index is 1.74. The summed E-state index contributed by atoms with van der Waals surface area (Å²) in [7, 11) is 0. The van der Waals surface area contributed by atoms with Gasteiger partial charge < -0.3 is 5.73 Å². The summed E-state index contributed by atoms with van der Waals surface area (Å²) >= 11 is 1.73. The fourth-order valence-electron chi connectivity index (χ4n) is 2.37. The van der Waals surface area contributed by atoms with Crippen LogP contribution in [0, 0.1) is 13.8 Å². The zero-order valence-electron chi connectivity index (χ0n) is 11.9. The molecule has 3 rings (SSSR count). The second kappa shape index (κ2) is 5.44. The van der Waals surface area contributed by atoms with E-state index in [1.165, 1.54) is 29.5 Å². The summed E-state index contributed by atoms with van der Waals surface area (Å²) in [5.41, 5.74) is 9.82. The third kappa shape index (κ3) is 3.31. The summed E-state index contributed by atoms with van der Waals surface area (Å²) in [5, 5.41) is 0.985. The number of hydrogen-bond acceptors (Lipinski definition) is 4. The van der Waals surface area contributed by atoms with Crippen LogP contribution >= 0.6 is 11.8 Å². The van der Waals surface area contributed by atoms with E-state index in [-0.39, 0.29) is 0 Å². The van der Waals surface area contributed by atoms with Gasteiger partial charge in [0.2, 0.25) is 0 Å². The molecular formula is C16H19N3S. The zero-order chi connectivity index (χ0) is 14.1. The van der Waals surface area contributed by atoms with Crippen LogP contribution in [0.5, 0.6) is 0 Å². The molecular weight excluding hydrogens is 266 g/mol. The van der Waals surface area contributed by atoms with Gasteiger partial charge in [0.15, 0.2) is 0 Å². The third-order valence-electron chi connectivity index (χ3n) is 3.35. The Kier molecular flexibility index (Phi) is 3.66. The van der Waals surface area contributed by atoms with Crippen LogP contribution in [-0.4, -0.2) is 9.97 Å². The first-order valence-corrected chi connectivity index (χ1v) is 7.93. The number of aryl methyl sites for hydroxylation is 2. The number of nitrogens with two attached hydrogens (primary N) is 1. The molecule has 0 radical (unpaired) electrons. The molecule has 1 aromatic carbocycles. The SMILES string of the molecule is Cc1cc(C)cc(CSc2cc(N)nc(C3CC3)n2)c1. The van der Waals surface area contributed by atoms with Crippen LogP contribution in [0.3, 0.4) is 0 Å². The van der Waals surface area contributed by atoms with Crippen molar-refractivity contribution in [2.24, 2.45) is 0 Å². The normalized spacial score (nSPS) is 14.5. The van der Waals surface area contributed by atoms with Crippen molar-refractivity contribution >= 4 is 17.6 Å². The second-order valence-electron chi connectivity index (χ2n) is 5.55. The van der Waals surface area contributed by atoms with Gasteiger partial charge in [0, 0.05) is 17.7 Å². The maximum Gasteiger partial charge on any atom is 0.135 e. The van der Waals surface area contributed by atoms with Crippen molar-refractivity contribution < 1.29 is 0 Å². The molecule has 1 heterocycles. The molecule has 0 bridgehead atoms. The minimum atomic E-state index is 0.541. The Morgan fingerprint density at radius 2 is 1.80 bits per heavy atom. The molecule has 1 aromatic heterocycles. The number of hydrogen-bond donors (Lipinski definition) is 1. The van der Waals surface area contributed by atoms with Crippen molar-refractivity contribution in [1.29, 1.82) is 0 Å². The molecule has 2 aromatic rings. The van der Waals surface area contributed by atoms with Crippen LogP contribution in [0.15, 0.2) is 29.3 Å². The van der Waals surface area contributed by atoms with Crippen molar-refractivity contribution in [3.05, 3.63) is 46.8 Å². The minimum absolute atomic E-state index is 0.541. The number of nitrogens with zero attached hydrogens (tertiary/aromatic N) is 2. The Hall–Kier alpha value is -1.55. The van der Waals surface area contributed by atoms with Crippen molar-refractivity contribution in [2.45, 2.75) is 43.4 Å². The average Bonchev–Trinajstić information content (AvgIpc) is 3.19. The highest BCUT2D eigenvalue weighted by atomic mass is 32.2. The molecule has 0 saturated heterocycles. The molecule has 2 N–H and O–H groups in total. The highest BCUT2D eigenvalue weighted by Gasteiger charge is 2.27. The molecule has 0 atom stereocenters. The van der Waals surface area contributed by atoms with Gasteiger partial charge in [-0.2, -0.15) is 0 Å². The number of anilines is 1. The molecule has 20 heavy (non-hydrogen) atoms. The molecule has 1 aliphatic carbocycles. The smallest absolute Gasteiger partial charge is 0.135 e. The average molecular weight is 285 g/mol. The molecule has 4 heteroatoms. The molecule has 0 aliphatic heterocycles. The lowest BCUT2D eigenvalue weighted by Crippen LogP contribution is -1.99. The van der Waals surface area contributed by atoms with Crippen molar-refractivity contribution in [2.75, 3.05) is 5.73 Å². The summed E-state index contributed by atoms with van der Waals surface area (Å²) < 4.78 is 0. The van der Waals surface area contributed by atoms with E-state index in [1.807, 2.05) is 6.07 Å². The van der Waals surface area contributed by atoms with Crippen molar-refractivity contribution in [3.8, 4) is 0 Å². The summed E-state index contributed by atoms with van der Waals surface area (Å²) in [5.74, 6) is 2.97. The van der Waals surface area contributed by atoms with Gasteiger partial charge in [-0.1, -0.05) is 29.3 Å². The van der Waals surface area contributed by atoms with Gasteiger partial charge in [0.05, 0.1) is 0 Å². The number of rotatable bonds is 4. The van der Waals surface area contributed by atoms with Crippen LogP contribution in [0.4, 0.5) is 5.82 Å². The lowest BCUT2D eigenvalue weighted by molar-refractivity contribution is 0.883. The molecule has 104 valence electrons. The second-order valence-corrected chi connectivity index (χ2v) is 6.54. The zero-order valence-corrected chi connectivity index (χ0v) is 12.7. The highest BCUT2D eigenvalue weighted by molar-refractivity contribution is 7.98. The maximum atomic E-state index is 5.88. The van der Waals surface area contributed by atoms with Crippen LogP contribution in [0.2, 0.25) is 0 Å². The first-order chi connectivity index (χ1) is 9.60. The summed E-state index contributed by atoms with van der Waals surface area (Å²) in [6, 6.07) is 8.53. The molecule has 0 unspecified atom stereocenters. The Labute approximate surface area is 124 Å². The van der Waals surface area contributed by atoms with Crippen molar-refractivity contribution in [3.63, 3.8) is 0 Å². The van der Waals surface area contributed by atoms with Gasteiger partial charge in [-0.05, 0) is 32.3 Å².